The van der Waals surface area contributed by atoms with Gasteiger partial charge in [0.2, 0.25) is 5.91 Å². The summed E-state index contributed by atoms with van der Waals surface area (Å²) in [4.78, 5) is 23.7. The quantitative estimate of drug-likeness (QED) is 0.837. The van der Waals surface area contributed by atoms with Crippen LogP contribution in [0.5, 0.6) is 11.5 Å². The fourth-order valence-electron chi connectivity index (χ4n) is 2.51. The van der Waals surface area contributed by atoms with Crippen LogP contribution in [0.15, 0.2) is 29.3 Å². The van der Waals surface area contributed by atoms with Gasteiger partial charge in [0.1, 0.15) is 31.0 Å². The fraction of sp³-hybridized carbons (Fsp3) is 0.400. The topological polar surface area (TPSA) is 87.4 Å². The zero-order valence-electron chi connectivity index (χ0n) is 13.0. The minimum Gasteiger partial charge on any atom is -0.497 e. The van der Waals surface area contributed by atoms with E-state index in [1.807, 2.05) is 18.2 Å². The third-order valence-electron chi connectivity index (χ3n) is 3.73. The summed E-state index contributed by atoms with van der Waals surface area (Å²) in [6, 6.07) is 5.49. The molecule has 8 nitrogen and oxygen atoms in total. The number of carbonyl (C=O) groups is 1. The first-order chi connectivity index (χ1) is 11.1. The van der Waals surface area contributed by atoms with Gasteiger partial charge in [0.05, 0.1) is 13.2 Å². The highest BCUT2D eigenvalue weighted by Gasteiger charge is 2.22. The minimum atomic E-state index is -0.322. The highest BCUT2D eigenvalue weighted by atomic mass is 16.5. The number of amides is 1. The Hall–Kier alpha value is -2.77. The Morgan fingerprint density at radius 3 is 3.04 bits per heavy atom. The maximum Gasteiger partial charge on any atom is 0.345 e. The molecule has 1 N–H and O–H groups in total. The van der Waals surface area contributed by atoms with E-state index in [0.717, 1.165) is 21.7 Å². The number of aromatic nitrogens is 3. The Balaban J connectivity index is 1.62. The Kier molecular flexibility index (Phi) is 4.05. The zero-order valence-corrected chi connectivity index (χ0v) is 13.0. The summed E-state index contributed by atoms with van der Waals surface area (Å²) >= 11 is 0. The second kappa shape index (κ2) is 6.15. The molecular weight excluding hydrogens is 300 g/mol. The van der Waals surface area contributed by atoms with Crippen LogP contribution in [-0.2, 0) is 24.8 Å². The van der Waals surface area contributed by atoms with E-state index in [4.69, 9.17) is 9.47 Å². The van der Waals surface area contributed by atoms with Crippen LogP contribution in [0.1, 0.15) is 5.56 Å². The van der Waals surface area contributed by atoms with Gasteiger partial charge >= 0.3 is 5.69 Å². The van der Waals surface area contributed by atoms with Crippen molar-refractivity contribution in [1.82, 2.24) is 19.7 Å². The van der Waals surface area contributed by atoms with Gasteiger partial charge in [-0.05, 0) is 18.1 Å². The van der Waals surface area contributed by atoms with Gasteiger partial charge in [-0.2, -0.15) is 5.10 Å². The summed E-state index contributed by atoms with van der Waals surface area (Å²) in [5.74, 6) is 1.24. The highest BCUT2D eigenvalue weighted by Crippen LogP contribution is 2.28. The number of nitrogens with one attached hydrogen (secondary N) is 1. The molecule has 3 rings (SSSR count). The Morgan fingerprint density at radius 1 is 1.52 bits per heavy atom. The van der Waals surface area contributed by atoms with Crippen LogP contribution in [0.3, 0.4) is 0 Å². The van der Waals surface area contributed by atoms with Gasteiger partial charge in [-0.15, -0.1) is 0 Å². The molecule has 122 valence electrons. The number of nitrogens with zero attached hydrogens (tertiary/aromatic N) is 3. The van der Waals surface area contributed by atoms with Gasteiger partial charge in [0, 0.05) is 13.1 Å². The largest absolute Gasteiger partial charge is 0.497 e. The lowest BCUT2D eigenvalue weighted by Gasteiger charge is -2.26. The van der Waals surface area contributed by atoms with Gasteiger partial charge in [-0.1, -0.05) is 6.07 Å². The molecule has 0 spiro atoms. The van der Waals surface area contributed by atoms with Crippen molar-refractivity contribution in [3.63, 3.8) is 0 Å². The first-order valence-electron chi connectivity index (χ1n) is 7.24. The van der Waals surface area contributed by atoms with Crippen LogP contribution >= 0.6 is 0 Å². The lowest BCUT2D eigenvalue weighted by atomic mass is 10.0. The molecule has 2 aromatic rings. The standard InChI is InChI=1S/C15H18N4O4/c1-18-9-16-19(15(18)21)7-14(20)17-11-5-10-3-4-12(22-2)6-13(10)23-8-11/h3-4,6,9,11H,5,7-8H2,1-2H3,(H,17,20)/t11-/m1/s1. The lowest BCUT2D eigenvalue weighted by molar-refractivity contribution is -0.122. The molecular formula is C15H18N4O4. The van der Waals surface area contributed by atoms with Gasteiger partial charge in [-0.3, -0.25) is 9.36 Å². The number of carbonyl (C=O) groups excluding carboxylic acids is 1. The van der Waals surface area contributed by atoms with E-state index in [2.05, 4.69) is 10.4 Å². The summed E-state index contributed by atoms with van der Waals surface area (Å²) in [6.07, 6.45) is 2.05. The van der Waals surface area contributed by atoms with Crippen molar-refractivity contribution in [3.8, 4) is 11.5 Å². The number of hydrogen-bond acceptors (Lipinski definition) is 5. The van der Waals surface area contributed by atoms with Gasteiger partial charge < -0.3 is 14.8 Å². The number of methoxy groups -OCH3 is 1. The van der Waals surface area contributed by atoms with E-state index < -0.39 is 0 Å². The SMILES string of the molecule is COc1ccc2c(c1)OC[C@H](NC(=O)Cn1ncn(C)c1=O)C2. The fourth-order valence-corrected chi connectivity index (χ4v) is 2.51. The van der Waals surface area contributed by atoms with Crippen LogP contribution < -0.4 is 20.5 Å². The van der Waals surface area contributed by atoms with Crippen LogP contribution in [-0.4, -0.2) is 40.0 Å². The third kappa shape index (κ3) is 3.20. The first kappa shape index (κ1) is 15.1. The van der Waals surface area contributed by atoms with Gasteiger partial charge in [-0.25, -0.2) is 9.48 Å². The summed E-state index contributed by atoms with van der Waals surface area (Å²) in [5.41, 5.74) is 0.690. The molecule has 1 aliphatic heterocycles. The van der Waals surface area contributed by atoms with Gasteiger partial charge in [0.25, 0.3) is 0 Å². The smallest absolute Gasteiger partial charge is 0.345 e. The van der Waals surface area contributed by atoms with E-state index in [0.29, 0.717) is 13.0 Å². The molecule has 8 heteroatoms. The molecule has 0 aliphatic carbocycles. The van der Waals surface area contributed by atoms with Crippen LogP contribution in [0.4, 0.5) is 0 Å². The van der Waals surface area contributed by atoms with Gasteiger partial charge in [0.15, 0.2) is 0 Å². The maximum absolute atomic E-state index is 12.1. The van der Waals surface area contributed by atoms with Crippen molar-refractivity contribution < 1.29 is 14.3 Å². The predicted molar refractivity (Wildman–Crippen MR) is 81.6 cm³/mol. The average molecular weight is 318 g/mol. The molecule has 0 fully saturated rings. The zero-order chi connectivity index (χ0) is 16.4. The molecule has 1 atom stereocenters. The van der Waals surface area contributed by atoms with Crippen molar-refractivity contribution in [2.75, 3.05) is 13.7 Å². The molecule has 2 heterocycles. The van der Waals surface area contributed by atoms with E-state index in [-0.39, 0.29) is 24.2 Å². The molecule has 1 aromatic carbocycles. The Labute approximate surface area is 132 Å². The molecule has 0 saturated carbocycles. The van der Waals surface area contributed by atoms with Crippen molar-refractivity contribution in [3.05, 3.63) is 40.6 Å². The normalized spacial score (nSPS) is 16.3. The number of ether oxygens (including phenoxy) is 2. The summed E-state index contributed by atoms with van der Waals surface area (Å²) in [6.45, 7) is 0.272. The molecule has 0 bridgehead atoms. The number of aryl methyl sites for hydroxylation is 1. The summed E-state index contributed by atoms with van der Waals surface area (Å²) < 4.78 is 13.3. The van der Waals surface area contributed by atoms with Crippen LogP contribution in [0.25, 0.3) is 0 Å². The Morgan fingerprint density at radius 2 is 2.35 bits per heavy atom. The minimum absolute atomic E-state index is 0.106. The molecule has 0 unspecified atom stereocenters. The van der Waals surface area contributed by atoms with Crippen LogP contribution in [0.2, 0.25) is 0 Å². The molecule has 1 aromatic heterocycles. The average Bonchev–Trinajstić information content (AvgIpc) is 2.86. The second-order valence-electron chi connectivity index (χ2n) is 5.44. The maximum atomic E-state index is 12.1. The van der Waals surface area contributed by atoms with E-state index in [9.17, 15) is 9.59 Å². The summed E-state index contributed by atoms with van der Waals surface area (Å²) in [5, 5.41) is 6.73. The lowest BCUT2D eigenvalue weighted by Crippen LogP contribution is -2.45. The molecule has 23 heavy (non-hydrogen) atoms. The van der Waals surface area contributed by atoms with E-state index in [1.165, 1.54) is 10.9 Å². The van der Waals surface area contributed by atoms with Crippen molar-refractivity contribution in [2.24, 2.45) is 7.05 Å². The van der Waals surface area contributed by atoms with E-state index >= 15 is 0 Å². The molecule has 0 saturated heterocycles. The predicted octanol–water partition coefficient (Wildman–Crippen LogP) is -0.290. The first-order valence-corrected chi connectivity index (χ1v) is 7.24. The molecule has 1 aliphatic rings. The van der Waals surface area contributed by atoms with E-state index in [1.54, 1.807) is 14.2 Å². The monoisotopic (exact) mass is 318 g/mol. The number of rotatable bonds is 4. The highest BCUT2D eigenvalue weighted by molar-refractivity contribution is 5.76. The Bertz CT molecular complexity index is 780. The van der Waals surface area contributed by atoms with Crippen molar-refractivity contribution >= 4 is 5.91 Å². The second-order valence-corrected chi connectivity index (χ2v) is 5.44. The number of fused-ring (bicyclic) bond motifs is 1. The molecule has 0 radical (unpaired) electrons. The third-order valence-corrected chi connectivity index (χ3v) is 3.73. The molecule has 1 amide bonds. The number of benzene rings is 1. The van der Waals surface area contributed by atoms with Crippen molar-refractivity contribution in [1.29, 1.82) is 0 Å². The van der Waals surface area contributed by atoms with Crippen LogP contribution in [0, 0.1) is 0 Å². The van der Waals surface area contributed by atoms with Crippen molar-refractivity contribution in [2.45, 2.75) is 19.0 Å². The summed E-state index contributed by atoms with van der Waals surface area (Å²) in [7, 11) is 3.19. The number of hydrogen-bond donors (Lipinski definition) is 1.